The number of anilines is 1. The van der Waals surface area contributed by atoms with E-state index in [-0.39, 0.29) is 5.91 Å². The van der Waals surface area contributed by atoms with Gasteiger partial charge in [-0.25, -0.2) is 0 Å². The zero-order valence-electron chi connectivity index (χ0n) is 14.9. The second-order valence-electron chi connectivity index (χ2n) is 6.58. The first kappa shape index (κ1) is 18.5. The normalized spacial score (nSPS) is 13.6. The van der Waals surface area contributed by atoms with Crippen molar-refractivity contribution in [2.24, 2.45) is 0 Å². The molecule has 5 nitrogen and oxygen atoms in total. The van der Waals surface area contributed by atoms with E-state index in [1.165, 1.54) is 11.8 Å². The quantitative estimate of drug-likeness (QED) is 0.399. The summed E-state index contributed by atoms with van der Waals surface area (Å²) in [6.07, 6.45) is 2.31. The minimum absolute atomic E-state index is 0.0418. The molecule has 0 unspecified atom stereocenters. The maximum absolute atomic E-state index is 12.4. The summed E-state index contributed by atoms with van der Waals surface area (Å²) >= 11 is 3.69. The predicted octanol–water partition coefficient (Wildman–Crippen LogP) is 4.79. The molecule has 3 aromatic rings. The van der Waals surface area contributed by atoms with Crippen LogP contribution in [0.2, 0.25) is 0 Å². The van der Waals surface area contributed by atoms with Gasteiger partial charge in [0.2, 0.25) is 5.91 Å². The van der Waals surface area contributed by atoms with E-state index in [4.69, 9.17) is 0 Å². The zero-order chi connectivity index (χ0) is 18.8. The third-order valence-corrected chi connectivity index (χ3v) is 6.01. The third-order valence-electron chi connectivity index (χ3n) is 4.41. The minimum atomic E-state index is -0.0418. The molecule has 1 aliphatic rings. The van der Waals surface area contributed by atoms with E-state index < -0.39 is 0 Å². The van der Waals surface area contributed by atoms with Gasteiger partial charge in [0.05, 0.1) is 5.75 Å². The summed E-state index contributed by atoms with van der Waals surface area (Å²) in [5.74, 6) is 1.73. The number of amides is 1. The molecule has 0 saturated heterocycles. The molecule has 4 rings (SSSR count). The highest BCUT2D eigenvalue weighted by molar-refractivity contribution is 14.1. The van der Waals surface area contributed by atoms with Gasteiger partial charge in [-0.2, -0.15) is 0 Å². The number of hydrogen-bond acceptors (Lipinski definition) is 4. The summed E-state index contributed by atoms with van der Waals surface area (Å²) in [5, 5.41) is 12.5. The largest absolute Gasteiger partial charge is 0.325 e. The lowest BCUT2D eigenvalue weighted by Crippen LogP contribution is -2.15. The van der Waals surface area contributed by atoms with E-state index in [1.54, 1.807) is 0 Å². The molecule has 0 bridgehead atoms. The molecule has 0 radical (unpaired) electrons. The van der Waals surface area contributed by atoms with Gasteiger partial charge < -0.3 is 5.32 Å². The lowest BCUT2D eigenvalue weighted by atomic mass is 10.2. The van der Waals surface area contributed by atoms with E-state index in [1.807, 2.05) is 49.4 Å². The monoisotopic (exact) mass is 490 g/mol. The summed E-state index contributed by atoms with van der Waals surface area (Å²) in [6, 6.07) is 16.1. The van der Waals surface area contributed by atoms with Crippen LogP contribution >= 0.6 is 34.4 Å². The van der Waals surface area contributed by atoms with Crippen LogP contribution in [-0.2, 0) is 4.79 Å². The molecular formula is C20H19IN4OS. The molecule has 138 valence electrons. The van der Waals surface area contributed by atoms with Gasteiger partial charge in [-0.15, -0.1) is 10.2 Å². The Morgan fingerprint density at radius 1 is 1.22 bits per heavy atom. The fourth-order valence-electron chi connectivity index (χ4n) is 2.88. The highest BCUT2D eigenvalue weighted by Crippen LogP contribution is 2.41. The number of rotatable bonds is 6. The topological polar surface area (TPSA) is 59.8 Å². The van der Waals surface area contributed by atoms with Crippen LogP contribution < -0.4 is 5.32 Å². The predicted molar refractivity (Wildman–Crippen MR) is 117 cm³/mol. The Morgan fingerprint density at radius 3 is 2.70 bits per heavy atom. The van der Waals surface area contributed by atoms with Gasteiger partial charge in [0, 0.05) is 20.9 Å². The van der Waals surface area contributed by atoms with E-state index >= 15 is 0 Å². The molecule has 0 atom stereocenters. The SMILES string of the molecule is Cc1cc(I)ccc1NC(=O)CSc1nnc(C2CC2)n1-c1ccccc1. The molecule has 1 amide bonds. The molecule has 1 heterocycles. The maximum atomic E-state index is 12.4. The van der Waals surface area contributed by atoms with Crippen LogP contribution in [0.15, 0.2) is 53.7 Å². The van der Waals surface area contributed by atoms with Crippen LogP contribution in [0.1, 0.15) is 30.1 Å². The van der Waals surface area contributed by atoms with Crippen molar-refractivity contribution < 1.29 is 4.79 Å². The fraction of sp³-hybridized carbons (Fsp3) is 0.250. The lowest BCUT2D eigenvalue weighted by molar-refractivity contribution is -0.113. The first-order valence-electron chi connectivity index (χ1n) is 8.81. The number of aromatic nitrogens is 3. The van der Waals surface area contributed by atoms with Crippen molar-refractivity contribution in [1.29, 1.82) is 0 Å². The summed E-state index contributed by atoms with van der Waals surface area (Å²) < 4.78 is 3.24. The number of carbonyl (C=O) groups is 1. The smallest absolute Gasteiger partial charge is 0.234 e. The number of nitrogens with one attached hydrogen (secondary N) is 1. The molecule has 1 N–H and O–H groups in total. The molecular weight excluding hydrogens is 471 g/mol. The first-order valence-corrected chi connectivity index (χ1v) is 10.9. The Labute approximate surface area is 176 Å². The van der Waals surface area contributed by atoms with Crippen molar-refractivity contribution >= 4 is 45.9 Å². The van der Waals surface area contributed by atoms with Crippen LogP contribution in [0.5, 0.6) is 0 Å². The fourth-order valence-corrected chi connectivity index (χ4v) is 4.29. The average molecular weight is 490 g/mol. The highest BCUT2D eigenvalue weighted by atomic mass is 127. The molecule has 0 spiro atoms. The van der Waals surface area contributed by atoms with Gasteiger partial charge >= 0.3 is 0 Å². The molecule has 1 aliphatic carbocycles. The lowest BCUT2D eigenvalue weighted by Gasteiger charge is -2.11. The van der Waals surface area contributed by atoms with E-state index in [0.717, 1.165) is 44.3 Å². The first-order chi connectivity index (χ1) is 13.1. The average Bonchev–Trinajstić information content (AvgIpc) is 3.42. The van der Waals surface area contributed by atoms with Crippen molar-refractivity contribution in [2.45, 2.75) is 30.8 Å². The van der Waals surface area contributed by atoms with Gasteiger partial charge in [-0.1, -0.05) is 30.0 Å². The Morgan fingerprint density at radius 2 is 2.00 bits per heavy atom. The second-order valence-corrected chi connectivity index (χ2v) is 8.77. The number of carbonyl (C=O) groups excluding carboxylic acids is 1. The summed E-state index contributed by atoms with van der Waals surface area (Å²) in [6.45, 7) is 2.00. The number of benzene rings is 2. The number of aryl methyl sites for hydroxylation is 1. The molecule has 27 heavy (non-hydrogen) atoms. The van der Waals surface area contributed by atoms with Crippen LogP contribution in [0.4, 0.5) is 5.69 Å². The summed E-state index contributed by atoms with van der Waals surface area (Å²) in [5.41, 5.74) is 2.95. The van der Waals surface area contributed by atoms with Gasteiger partial charge in [0.1, 0.15) is 5.82 Å². The number of thioether (sulfide) groups is 1. The standard InChI is InChI=1S/C20H19IN4OS/c1-13-11-15(21)9-10-17(13)22-18(26)12-27-20-24-23-19(14-7-8-14)25(20)16-5-3-2-4-6-16/h2-6,9-11,14H,7-8,12H2,1H3,(H,22,26). The Bertz CT molecular complexity index is 969. The molecule has 2 aromatic carbocycles. The van der Waals surface area contributed by atoms with Crippen molar-refractivity contribution in [3.63, 3.8) is 0 Å². The van der Waals surface area contributed by atoms with Crippen LogP contribution in [-0.4, -0.2) is 26.4 Å². The molecule has 7 heteroatoms. The van der Waals surface area contributed by atoms with E-state index in [2.05, 4.69) is 48.7 Å². The maximum Gasteiger partial charge on any atom is 0.234 e. The second kappa shape index (κ2) is 8.02. The van der Waals surface area contributed by atoms with Crippen molar-refractivity contribution in [3.8, 4) is 5.69 Å². The van der Waals surface area contributed by atoms with Gasteiger partial charge in [-0.3, -0.25) is 9.36 Å². The molecule has 1 saturated carbocycles. The van der Waals surface area contributed by atoms with Crippen LogP contribution in [0.3, 0.4) is 0 Å². The van der Waals surface area contributed by atoms with Gasteiger partial charge in [0.25, 0.3) is 0 Å². The van der Waals surface area contributed by atoms with Crippen molar-refractivity contribution in [1.82, 2.24) is 14.8 Å². The van der Waals surface area contributed by atoms with Crippen LogP contribution in [0.25, 0.3) is 5.69 Å². The summed E-state index contributed by atoms with van der Waals surface area (Å²) in [7, 11) is 0. The highest BCUT2D eigenvalue weighted by Gasteiger charge is 2.31. The van der Waals surface area contributed by atoms with Gasteiger partial charge in [0.15, 0.2) is 5.16 Å². The number of hydrogen-bond donors (Lipinski definition) is 1. The van der Waals surface area contributed by atoms with Crippen molar-refractivity contribution in [2.75, 3.05) is 11.1 Å². The molecule has 1 fully saturated rings. The Balaban J connectivity index is 1.49. The Kier molecular flexibility index (Phi) is 5.49. The molecule has 0 aliphatic heterocycles. The van der Waals surface area contributed by atoms with Crippen LogP contribution in [0, 0.1) is 10.5 Å². The Hall–Kier alpha value is -1.87. The van der Waals surface area contributed by atoms with E-state index in [0.29, 0.717) is 11.7 Å². The van der Waals surface area contributed by atoms with E-state index in [9.17, 15) is 4.79 Å². The number of halogens is 1. The third kappa shape index (κ3) is 4.35. The van der Waals surface area contributed by atoms with Crippen molar-refractivity contribution in [3.05, 3.63) is 63.5 Å². The number of nitrogens with zero attached hydrogens (tertiary/aromatic N) is 3. The minimum Gasteiger partial charge on any atom is -0.325 e. The summed E-state index contributed by atoms with van der Waals surface area (Å²) in [4.78, 5) is 12.4. The van der Waals surface area contributed by atoms with Gasteiger partial charge in [-0.05, 0) is 78.3 Å². The zero-order valence-corrected chi connectivity index (χ0v) is 17.8. The molecule has 1 aromatic heterocycles. The number of para-hydroxylation sites is 1.